The highest BCUT2D eigenvalue weighted by atomic mass is 35.5. The quantitative estimate of drug-likeness (QED) is 0.698. The molecule has 106 valence electrons. The van der Waals surface area contributed by atoms with Crippen molar-refractivity contribution in [2.45, 2.75) is 13.5 Å². The van der Waals surface area contributed by atoms with Gasteiger partial charge in [0.15, 0.2) is 5.78 Å². The van der Waals surface area contributed by atoms with E-state index >= 15 is 0 Å². The molecule has 0 saturated heterocycles. The molecule has 0 amide bonds. The van der Waals surface area contributed by atoms with Crippen molar-refractivity contribution < 1.29 is 4.79 Å². The van der Waals surface area contributed by atoms with Crippen LogP contribution in [0.3, 0.4) is 0 Å². The van der Waals surface area contributed by atoms with Gasteiger partial charge >= 0.3 is 0 Å². The van der Waals surface area contributed by atoms with E-state index in [9.17, 15) is 9.59 Å². The summed E-state index contributed by atoms with van der Waals surface area (Å²) >= 11 is 5.87. The summed E-state index contributed by atoms with van der Waals surface area (Å²) in [7, 11) is 0. The molecule has 0 atom stereocenters. The molecule has 1 aromatic carbocycles. The number of hydrogen-bond acceptors (Lipinski definition) is 3. The van der Waals surface area contributed by atoms with Crippen molar-refractivity contribution in [3.8, 4) is 0 Å². The lowest BCUT2D eigenvalue weighted by Gasteiger charge is -2.05. The maximum atomic E-state index is 12.3. The van der Waals surface area contributed by atoms with Gasteiger partial charge in [-0.05, 0) is 25.1 Å². The van der Waals surface area contributed by atoms with Crippen LogP contribution in [0.15, 0.2) is 47.5 Å². The highest BCUT2D eigenvalue weighted by Crippen LogP contribution is 2.11. The lowest BCUT2D eigenvalue weighted by atomic mass is 10.1. The number of aromatic nitrogens is 3. The number of aryl methyl sites for hydroxylation is 1. The van der Waals surface area contributed by atoms with E-state index in [1.807, 2.05) is 6.92 Å². The van der Waals surface area contributed by atoms with Crippen molar-refractivity contribution in [3.63, 3.8) is 0 Å². The predicted molar refractivity (Wildman–Crippen MR) is 80.0 cm³/mol. The Hall–Kier alpha value is -2.40. The zero-order chi connectivity index (χ0) is 15.0. The molecule has 0 bridgehead atoms. The lowest BCUT2D eigenvalue weighted by Crippen LogP contribution is -2.25. The number of nitrogens with zero attached hydrogens (tertiary/aromatic N) is 3. The van der Waals surface area contributed by atoms with Crippen molar-refractivity contribution in [1.82, 2.24) is 14.2 Å². The Kier molecular flexibility index (Phi) is 3.35. The van der Waals surface area contributed by atoms with Gasteiger partial charge in [0.2, 0.25) is 0 Å². The Morgan fingerprint density at radius 3 is 2.86 bits per heavy atom. The third-order valence-electron chi connectivity index (χ3n) is 3.19. The molecule has 0 spiro atoms. The van der Waals surface area contributed by atoms with Crippen LogP contribution in [0.5, 0.6) is 0 Å². The maximum Gasteiger partial charge on any atom is 0.276 e. The first kappa shape index (κ1) is 13.6. The molecule has 3 rings (SSSR count). The molecule has 0 aliphatic heterocycles. The summed E-state index contributed by atoms with van der Waals surface area (Å²) in [5.74, 6) is -0.166. The molecule has 2 aromatic heterocycles. The zero-order valence-electron chi connectivity index (χ0n) is 11.3. The monoisotopic (exact) mass is 301 g/mol. The molecule has 0 N–H and O–H groups in total. The fourth-order valence-electron chi connectivity index (χ4n) is 2.18. The van der Waals surface area contributed by atoms with Crippen molar-refractivity contribution in [2.24, 2.45) is 0 Å². The van der Waals surface area contributed by atoms with Crippen LogP contribution in [0.25, 0.3) is 5.52 Å². The second-order valence-electron chi connectivity index (χ2n) is 4.78. The average Bonchev–Trinajstić information content (AvgIpc) is 2.83. The molecule has 21 heavy (non-hydrogen) atoms. The highest BCUT2D eigenvalue weighted by molar-refractivity contribution is 6.31. The summed E-state index contributed by atoms with van der Waals surface area (Å²) in [6.45, 7) is 1.79. The zero-order valence-corrected chi connectivity index (χ0v) is 12.0. The van der Waals surface area contributed by atoms with Crippen LogP contribution in [0, 0.1) is 6.92 Å². The van der Waals surface area contributed by atoms with Gasteiger partial charge in [0.25, 0.3) is 5.56 Å². The Morgan fingerprint density at radius 1 is 1.29 bits per heavy atom. The number of carbonyl (C=O) groups excluding carboxylic acids is 1. The minimum Gasteiger partial charge on any atom is -0.304 e. The molecule has 0 radical (unpaired) electrons. The van der Waals surface area contributed by atoms with Gasteiger partial charge in [0, 0.05) is 23.0 Å². The van der Waals surface area contributed by atoms with Crippen LogP contribution < -0.4 is 5.56 Å². The lowest BCUT2D eigenvalue weighted by molar-refractivity contribution is 0.0971. The van der Waals surface area contributed by atoms with Crippen LogP contribution in [0.2, 0.25) is 5.02 Å². The van der Waals surface area contributed by atoms with E-state index in [4.69, 9.17) is 11.6 Å². The third kappa shape index (κ3) is 2.60. The highest BCUT2D eigenvalue weighted by Gasteiger charge is 2.11. The molecule has 0 saturated carbocycles. The Labute approximate surface area is 125 Å². The summed E-state index contributed by atoms with van der Waals surface area (Å²) in [5, 5.41) is 4.66. The molecule has 0 fully saturated rings. The molecule has 6 heteroatoms. The number of fused-ring (bicyclic) bond motifs is 1. The number of carbonyl (C=O) groups is 1. The van der Waals surface area contributed by atoms with E-state index in [-0.39, 0.29) is 17.9 Å². The SMILES string of the molecule is Cc1cc2c(=O)n(CC(=O)c3cccc(Cl)c3)ccn2n1. The summed E-state index contributed by atoms with van der Waals surface area (Å²) in [5.41, 5.74) is 1.45. The van der Waals surface area contributed by atoms with Crippen LogP contribution in [0.4, 0.5) is 0 Å². The summed E-state index contributed by atoms with van der Waals surface area (Å²) < 4.78 is 2.89. The minimum atomic E-state index is -0.242. The first-order valence-electron chi connectivity index (χ1n) is 6.39. The van der Waals surface area contributed by atoms with Gasteiger partial charge in [0.1, 0.15) is 5.52 Å². The first-order valence-corrected chi connectivity index (χ1v) is 6.76. The van der Waals surface area contributed by atoms with Gasteiger partial charge in [-0.15, -0.1) is 0 Å². The normalized spacial score (nSPS) is 11.0. The number of hydrogen-bond donors (Lipinski definition) is 0. The van der Waals surface area contributed by atoms with Crippen LogP contribution >= 0.6 is 11.6 Å². The van der Waals surface area contributed by atoms with Crippen molar-refractivity contribution >= 4 is 22.9 Å². The number of halogens is 1. The number of rotatable bonds is 3. The van der Waals surface area contributed by atoms with E-state index in [1.54, 1.807) is 42.7 Å². The number of Topliss-reactive ketones (excluding diaryl/α,β-unsaturated/α-hetero) is 1. The Balaban J connectivity index is 1.96. The molecule has 0 aliphatic rings. The number of benzene rings is 1. The standard InChI is InChI=1S/C15H12ClN3O2/c1-10-7-13-15(21)18(5-6-19(13)17-10)9-14(20)11-3-2-4-12(16)8-11/h2-8H,9H2,1H3. The predicted octanol–water partition coefficient (Wildman–Crippen LogP) is 2.34. The van der Waals surface area contributed by atoms with Crippen LogP contribution in [-0.4, -0.2) is 20.0 Å². The van der Waals surface area contributed by atoms with E-state index in [1.165, 1.54) is 9.08 Å². The van der Waals surface area contributed by atoms with E-state index in [0.717, 1.165) is 5.69 Å². The van der Waals surface area contributed by atoms with Crippen LogP contribution in [0.1, 0.15) is 16.1 Å². The average molecular weight is 302 g/mol. The molecule has 0 aliphatic carbocycles. The van der Waals surface area contributed by atoms with E-state index in [0.29, 0.717) is 16.1 Å². The largest absolute Gasteiger partial charge is 0.304 e. The van der Waals surface area contributed by atoms with Gasteiger partial charge in [-0.1, -0.05) is 23.7 Å². The van der Waals surface area contributed by atoms with Gasteiger partial charge in [0.05, 0.1) is 12.2 Å². The van der Waals surface area contributed by atoms with Gasteiger partial charge in [-0.3, -0.25) is 9.59 Å². The first-order chi connectivity index (χ1) is 10.0. The minimum absolute atomic E-state index is 0.0279. The molecule has 0 unspecified atom stereocenters. The van der Waals surface area contributed by atoms with Gasteiger partial charge < -0.3 is 4.57 Å². The molecule has 3 aromatic rings. The summed E-state index contributed by atoms with van der Waals surface area (Å²) in [6.07, 6.45) is 3.22. The Bertz CT molecular complexity index is 895. The third-order valence-corrected chi connectivity index (χ3v) is 3.42. The van der Waals surface area contributed by atoms with Gasteiger partial charge in [-0.2, -0.15) is 5.10 Å². The maximum absolute atomic E-state index is 12.3. The number of ketones is 1. The Morgan fingerprint density at radius 2 is 2.10 bits per heavy atom. The molecular weight excluding hydrogens is 290 g/mol. The summed E-state index contributed by atoms with van der Waals surface area (Å²) in [6, 6.07) is 8.38. The van der Waals surface area contributed by atoms with Crippen molar-refractivity contribution in [2.75, 3.05) is 0 Å². The van der Waals surface area contributed by atoms with Crippen LogP contribution in [-0.2, 0) is 6.54 Å². The molecule has 2 heterocycles. The second-order valence-corrected chi connectivity index (χ2v) is 5.22. The topological polar surface area (TPSA) is 56.4 Å². The van der Waals surface area contributed by atoms with E-state index in [2.05, 4.69) is 5.10 Å². The fourth-order valence-corrected chi connectivity index (χ4v) is 2.37. The summed E-state index contributed by atoms with van der Waals surface area (Å²) in [4.78, 5) is 24.5. The smallest absolute Gasteiger partial charge is 0.276 e. The fraction of sp³-hybridized carbons (Fsp3) is 0.133. The van der Waals surface area contributed by atoms with Crippen molar-refractivity contribution in [3.05, 3.63) is 69.4 Å². The van der Waals surface area contributed by atoms with E-state index < -0.39 is 0 Å². The van der Waals surface area contributed by atoms with Gasteiger partial charge in [-0.25, -0.2) is 4.52 Å². The molecule has 5 nitrogen and oxygen atoms in total. The molecular formula is C15H12ClN3O2. The van der Waals surface area contributed by atoms with Crippen molar-refractivity contribution in [1.29, 1.82) is 0 Å². The second kappa shape index (κ2) is 5.18.